The Morgan fingerprint density at radius 1 is 1.26 bits per heavy atom. The third kappa shape index (κ3) is 6.01. The van der Waals surface area contributed by atoms with Gasteiger partial charge in [0.25, 0.3) is 0 Å². The topological polar surface area (TPSA) is 65.0 Å². The Morgan fingerprint density at radius 3 is 2.83 bits per heavy atom. The van der Waals surface area contributed by atoms with Crippen molar-refractivity contribution in [2.45, 2.75) is 11.3 Å². The number of esters is 1. The average Bonchev–Trinajstić information content (AvgIpc) is 2.60. The van der Waals surface area contributed by atoms with E-state index >= 15 is 0 Å². The summed E-state index contributed by atoms with van der Waals surface area (Å²) in [7, 11) is 0. The Hall–Kier alpha value is -1.31. The molecule has 0 bridgehead atoms. The van der Waals surface area contributed by atoms with Crippen LogP contribution in [0.3, 0.4) is 0 Å². The molecule has 2 rings (SSSR count). The monoisotopic (exact) mass is 369 g/mol. The van der Waals surface area contributed by atoms with E-state index in [2.05, 4.69) is 15.0 Å². The Kier molecular flexibility index (Phi) is 7.64. The lowest BCUT2D eigenvalue weighted by molar-refractivity contribution is -0.143. The van der Waals surface area contributed by atoms with Gasteiger partial charge in [-0.15, -0.1) is 11.6 Å². The number of carbonyl (C=O) groups is 1. The van der Waals surface area contributed by atoms with Gasteiger partial charge in [-0.2, -0.15) is 11.8 Å². The lowest BCUT2D eigenvalue weighted by atomic mass is 10.3. The van der Waals surface area contributed by atoms with Gasteiger partial charge in [-0.05, 0) is 24.5 Å². The van der Waals surface area contributed by atoms with E-state index in [1.165, 1.54) is 11.8 Å². The van der Waals surface area contributed by atoms with E-state index in [-0.39, 0.29) is 17.8 Å². The predicted molar refractivity (Wildman–Crippen MR) is 95.0 cm³/mol. The minimum Gasteiger partial charge on any atom is -0.460 e. The van der Waals surface area contributed by atoms with E-state index in [0.29, 0.717) is 16.8 Å². The summed E-state index contributed by atoms with van der Waals surface area (Å²) < 4.78 is 5.30. The second-order valence-electron chi connectivity index (χ2n) is 4.45. The summed E-state index contributed by atoms with van der Waals surface area (Å²) in [5.41, 5.74) is 1.49. The van der Waals surface area contributed by atoms with E-state index in [4.69, 9.17) is 16.3 Å². The number of alkyl halides is 1. The van der Waals surface area contributed by atoms with Gasteiger partial charge in [-0.1, -0.05) is 17.8 Å². The second kappa shape index (κ2) is 9.75. The molecule has 2 aromatic heterocycles. The fourth-order valence-corrected chi connectivity index (χ4v) is 3.18. The molecule has 2 heterocycles. The molecule has 0 aliphatic carbocycles. The summed E-state index contributed by atoms with van der Waals surface area (Å²) in [5, 5.41) is 0.511. The van der Waals surface area contributed by atoms with E-state index in [1.807, 2.05) is 24.5 Å². The molecule has 0 amide bonds. The summed E-state index contributed by atoms with van der Waals surface area (Å²) >= 11 is 8.59. The van der Waals surface area contributed by atoms with Crippen LogP contribution < -0.4 is 0 Å². The van der Waals surface area contributed by atoms with Crippen molar-refractivity contribution in [1.82, 2.24) is 15.0 Å². The number of hydrogen-bond acceptors (Lipinski definition) is 7. The summed E-state index contributed by atoms with van der Waals surface area (Å²) in [6.45, 7) is 0. The van der Waals surface area contributed by atoms with Gasteiger partial charge < -0.3 is 4.74 Å². The predicted octanol–water partition coefficient (Wildman–Crippen LogP) is 3.14. The normalized spacial score (nSPS) is 11.9. The molecule has 2 aromatic rings. The molecule has 1 atom stereocenters. The molecular weight excluding hydrogens is 354 g/mol. The third-order valence-corrected chi connectivity index (χ3v) is 4.59. The van der Waals surface area contributed by atoms with Crippen LogP contribution >= 0.6 is 35.1 Å². The van der Waals surface area contributed by atoms with Crippen molar-refractivity contribution in [3.05, 3.63) is 36.7 Å². The van der Waals surface area contributed by atoms with Gasteiger partial charge in [-0.25, -0.2) is 9.97 Å². The molecule has 0 fully saturated rings. The number of rotatable bonds is 8. The first-order valence-electron chi connectivity index (χ1n) is 6.84. The summed E-state index contributed by atoms with van der Waals surface area (Å²) in [4.78, 5) is 24.6. The minimum absolute atomic E-state index is 0.146. The molecule has 23 heavy (non-hydrogen) atoms. The van der Waals surface area contributed by atoms with Gasteiger partial charge in [0, 0.05) is 18.1 Å². The smallest absolute Gasteiger partial charge is 0.316 e. The number of aromatic nitrogens is 3. The fourth-order valence-electron chi connectivity index (χ4n) is 1.71. The molecule has 0 radical (unpaired) electrons. The molecule has 0 aromatic carbocycles. The van der Waals surface area contributed by atoms with Crippen LogP contribution in [0, 0.1) is 0 Å². The Balaban J connectivity index is 1.92. The van der Waals surface area contributed by atoms with Gasteiger partial charge in [0.15, 0.2) is 5.16 Å². The number of ether oxygens (including phenoxy) is 1. The van der Waals surface area contributed by atoms with Crippen LogP contribution in [0.25, 0.3) is 11.4 Å². The lowest BCUT2D eigenvalue weighted by Gasteiger charge is -2.13. The van der Waals surface area contributed by atoms with Gasteiger partial charge in [0.05, 0.1) is 23.0 Å². The van der Waals surface area contributed by atoms with Crippen molar-refractivity contribution in [3.8, 4) is 11.4 Å². The lowest BCUT2D eigenvalue weighted by Crippen LogP contribution is -2.23. The number of hydrogen-bond donors (Lipinski definition) is 0. The maximum absolute atomic E-state index is 11.8. The highest BCUT2D eigenvalue weighted by Crippen LogP contribution is 2.18. The van der Waals surface area contributed by atoms with Crippen molar-refractivity contribution in [2.24, 2.45) is 0 Å². The zero-order valence-electron chi connectivity index (χ0n) is 12.5. The number of pyridine rings is 1. The molecule has 8 heteroatoms. The van der Waals surface area contributed by atoms with Crippen LogP contribution in [0.2, 0.25) is 0 Å². The standard InChI is InChI=1S/C15H16ClN3O2S2/c1-22-9-11(8-16)21-14(20)10-23-15-18-7-5-13(19-15)12-4-2-3-6-17-12/h2-7,11H,8-10H2,1H3. The van der Waals surface area contributed by atoms with E-state index in [0.717, 1.165) is 11.4 Å². The van der Waals surface area contributed by atoms with Crippen LogP contribution in [0.4, 0.5) is 0 Å². The zero-order chi connectivity index (χ0) is 16.5. The Morgan fingerprint density at radius 2 is 2.13 bits per heavy atom. The van der Waals surface area contributed by atoms with Crippen molar-refractivity contribution >= 4 is 41.1 Å². The van der Waals surface area contributed by atoms with Crippen LogP contribution in [-0.2, 0) is 9.53 Å². The van der Waals surface area contributed by atoms with Gasteiger partial charge in [-0.3, -0.25) is 9.78 Å². The van der Waals surface area contributed by atoms with E-state index in [9.17, 15) is 4.79 Å². The maximum Gasteiger partial charge on any atom is 0.316 e. The number of nitrogens with zero attached hydrogens (tertiary/aromatic N) is 3. The summed E-state index contributed by atoms with van der Waals surface area (Å²) in [5.74, 6) is 0.809. The SMILES string of the molecule is CSCC(CCl)OC(=O)CSc1nccc(-c2ccccn2)n1. The van der Waals surface area contributed by atoms with Crippen molar-refractivity contribution in [3.63, 3.8) is 0 Å². The molecule has 0 N–H and O–H groups in total. The van der Waals surface area contributed by atoms with Crippen LogP contribution in [0.1, 0.15) is 0 Å². The molecular formula is C15H16ClN3O2S2. The Bertz CT molecular complexity index is 631. The van der Waals surface area contributed by atoms with Crippen molar-refractivity contribution in [2.75, 3.05) is 23.6 Å². The number of carbonyl (C=O) groups excluding carboxylic acids is 1. The number of halogens is 1. The van der Waals surface area contributed by atoms with Gasteiger partial charge in [0.2, 0.25) is 0 Å². The van der Waals surface area contributed by atoms with Crippen LogP contribution in [-0.4, -0.2) is 50.7 Å². The molecule has 5 nitrogen and oxygen atoms in total. The molecule has 0 spiro atoms. The highest BCUT2D eigenvalue weighted by Gasteiger charge is 2.14. The first-order valence-corrected chi connectivity index (χ1v) is 9.76. The molecule has 0 aliphatic heterocycles. The first-order chi connectivity index (χ1) is 11.2. The first kappa shape index (κ1) is 18.0. The Labute approximate surface area is 148 Å². The largest absolute Gasteiger partial charge is 0.460 e. The van der Waals surface area contributed by atoms with Crippen molar-refractivity contribution in [1.29, 1.82) is 0 Å². The van der Waals surface area contributed by atoms with Crippen molar-refractivity contribution < 1.29 is 9.53 Å². The highest BCUT2D eigenvalue weighted by molar-refractivity contribution is 7.99. The van der Waals surface area contributed by atoms with Gasteiger partial charge >= 0.3 is 5.97 Å². The molecule has 122 valence electrons. The third-order valence-electron chi connectivity index (χ3n) is 2.70. The molecule has 0 saturated heterocycles. The minimum atomic E-state index is -0.318. The van der Waals surface area contributed by atoms with Gasteiger partial charge in [0.1, 0.15) is 6.10 Å². The maximum atomic E-state index is 11.8. The summed E-state index contributed by atoms with van der Waals surface area (Å²) in [6.07, 6.45) is 5.04. The molecule has 0 aliphatic rings. The van der Waals surface area contributed by atoms with Crippen LogP contribution in [0.5, 0.6) is 0 Å². The second-order valence-corrected chi connectivity index (χ2v) is 6.61. The van der Waals surface area contributed by atoms with E-state index < -0.39 is 0 Å². The quantitative estimate of drug-likeness (QED) is 0.306. The number of thioether (sulfide) groups is 2. The molecule has 1 unspecified atom stereocenters. The molecule has 0 saturated carbocycles. The zero-order valence-corrected chi connectivity index (χ0v) is 14.9. The average molecular weight is 370 g/mol. The fraction of sp³-hybridized carbons (Fsp3) is 0.333. The van der Waals surface area contributed by atoms with Crippen LogP contribution in [0.15, 0.2) is 41.8 Å². The summed E-state index contributed by atoms with van der Waals surface area (Å²) in [6, 6.07) is 7.40. The van der Waals surface area contributed by atoms with E-state index in [1.54, 1.807) is 30.2 Å². The highest BCUT2D eigenvalue weighted by atomic mass is 35.5.